The highest BCUT2D eigenvalue weighted by molar-refractivity contribution is 5.89. The number of rotatable bonds is 2. The number of nitrogens with two attached hydrogens (primary N) is 2. The topological polar surface area (TPSA) is 139 Å². The number of carbonyl (C=O) groups is 1. The molecule has 0 aliphatic rings. The highest BCUT2D eigenvalue weighted by atomic mass is 16.4. The molecule has 0 aliphatic heterocycles. The van der Waals surface area contributed by atoms with Crippen molar-refractivity contribution in [2.24, 2.45) is 0 Å². The lowest BCUT2D eigenvalue weighted by Crippen LogP contribution is -2.05. The minimum Gasteiger partial charge on any atom is -0.478 e. The maximum absolute atomic E-state index is 10.9. The fourth-order valence-electron chi connectivity index (χ4n) is 1.61. The van der Waals surface area contributed by atoms with Crippen LogP contribution in [0.1, 0.15) is 15.9 Å². The van der Waals surface area contributed by atoms with Crippen LogP contribution in [-0.4, -0.2) is 21.0 Å². The summed E-state index contributed by atoms with van der Waals surface area (Å²) in [5, 5.41) is 18.0. The number of benzene rings is 1. The van der Waals surface area contributed by atoms with Gasteiger partial charge in [0.1, 0.15) is 17.5 Å². The molecule has 1 heterocycles. The molecular weight excluding hydrogens is 246 g/mol. The van der Waals surface area contributed by atoms with Gasteiger partial charge in [0, 0.05) is 5.56 Å². The number of anilines is 2. The van der Waals surface area contributed by atoms with Crippen molar-refractivity contribution >= 4 is 17.7 Å². The molecule has 0 spiro atoms. The van der Waals surface area contributed by atoms with E-state index in [9.17, 15) is 4.79 Å². The molecule has 1 aromatic heterocycles. The number of hydrogen-bond donors (Lipinski definition) is 3. The van der Waals surface area contributed by atoms with Gasteiger partial charge in [0.15, 0.2) is 0 Å². The minimum atomic E-state index is -1.07. The number of nitriles is 1. The van der Waals surface area contributed by atoms with Gasteiger partial charge in [-0.05, 0) is 12.1 Å². The van der Waals surface area contributed by atoms with Gasteiger partial charge in [-0.3, -0.25) is 0 Å². The fraction of sp³-hybridized carbons (Fsp3) is 0. The van der Waals surface area contributed by atoms with E-state index in [0.717, 1.165) is 0 Å². The first-order chi connectivity index (χ1) is 9.02. The zero-order valence-corrected chi connectivity index (χ0v) is 9.66. The smallest absolute Gasteiger partial charge is 0.335 e. The maximum atomic E-state index is 10.9. The van der Waals surface area contributed by atoms with Crippen molar-refractivity contribution in [3.8, 4) is 17.3 Å². The van der Waals surface area contributed by atoms with Crippen molar-refractivity contribution in [2.75, 3.05) is 11.5 Å². The largest absolute Gasteiger partial charge is 0.478 e. The normalized spacial score (nSPS) is 9.84. The van der Waals surface area contributed by atoms with Gasteiger partial charge in [-0.25, -0.2) is 9.78 Å². The summed E-state index contributed by atoms with van der Waals surface area (Å²) in [7, 11) is 0. The lowest BCUT2D eigenvalue weighted by molar-refractivity contribution is 0.0697. The number of carboxylic acids is 1. The van der Waals surface area contributed by atoms with Gasteiger partial charge in [-0.15, -0.1) is 0 Å². The third kappa shape index (κ3) is 2.28. The Balaban J connectivity index is 2.68. The highest BCUT2D eigenvalue weighted by Gasteiger charge is 2.14. The number of nitrogen functional groups attached to an aromatic ring is 2. The van der Waals surface area contributed by atoms with Gasteiger partial charge in [0.25, 0.3) is 0 Å². The Morgan fingerprint density at radius 1 is 1.32 bits per heavy atom. The molecule has 0 atom stereocenters. The summed E-state index contributed by atoms with van der Waals surface area (Å²) in [4.78, 5) is 18.6. The van der Waals surface area contributed by atoms with Crippen molar-refractivity contribution in [1.82, 2.24) is 9.97 Å². The number of hydrogen-bond acceptors (Lipinski definition) is 6. The Kier molecular flexibility index (Phi) is 3.00. The van der Waals surface area contributed by atoms with Crippen LogP contribution in [0.4, 0.5) is 11.8 Å². The maximum Gasteiger partial charge on any atom is 0.335 e. The molecule has 7 heteroatoms. The van der Waals surface area contributed by atoms with Crippen LogP contribution in [0.5, 0.6) is 0 Å². The summed E-state index contributed by atoms with van der Waals surface area (Å²) in [6.07, 6.45) is 0. The Hall–Kier alpha value is -3.14. The zero-order valence-electron chi connectivity index (χ0n) is 9.66. The van der Waals surface area contributed by atoms with Crippen molar-refractivity contribution < 1.29 is 9.90 Å². The third-order valence-electron chi connectivity index (χ3n) is 2.45. The van der Waals surface area contributed by atoms with Gasteiger partial charge in [-0.2, -0.15) is 10.2 Å². The fourth-order valence-corrected chi connectivity index (χ4v) is 1.61. The molecule has 19 heavy (non-hydrogen) atoms. The van der Waals surface area contributed by atoms with Crippen molar-refractivity contribution in [2.45, 2.75) is 0 Å². The summed E-state index contributed by atoms with van der Waals surface area (Å²) < 4.78 is 0. The van der Waals surface area contributed by atoms with Gasteiger partial charge in [0.05, 0.1) is 11.3 Å². The van der Waals surface area contributed by atoms with Crippen LogP contribution in [0, 0.1) is 11.3 Å². The highest BCUT2D eigenvalue weighted by Crippen LogP contribution is 2.25. The van der Waals surface area contributed by atoms with Crippen molar-refractivity contribution in [1.29, 1.82) is 5.26 Å². The molecule has 0 saturated heterocycles. The van der Waals surface area contributed by atoms with Crippen molar-refractivity contribution in [3.05, 3.63) is 35.4 Å². The summed E-state index contributed by atoms with van der Waals surface area (Å²) >= 11 is 0. The SMILES string of the molecule is N#Cc1c(N)nc(N)nc1-c1cccc(C(=O)O)c1. The van der Waals surface area contributed by atoms with Crippen molar-refractivity contribution in [3.63, 3.8) is 0 Å². The lowest BCUT2D eigenvalue weighted by Gasteiger charge is -2.07. The van der Waals surface area contributed by atoms with E-state index in [-0.39, 0.29) is 28.6 Å². The van der Waals surface area contributed by atoms with E-state index in [4.69, 9.17) is 21.8 Å². The Morgan fingerprint density at radius 2 is 2.05 bits per heavy atom. The van der Waals surface area contributed by atoms with Crippen LogP contribution in [0.25, 0.3) is 11.3 Å². The first-order valence-electron chi connectivity index (χ1n) is 5.19. The van der Waals surface area contributed by atoms with Crippen LogP contribution in [-0.2, 0) is 0 Å². The monoisotopic (exact) mass is 255 g/mol. The van der Waals surface area contributed by atoms with E-state index in [1.54, 1.807) is 12.1 Å². The summed E-state index contributed by atoms with van der Waals surface area (Å²) in [5.41, 5.74) is 11.9. The summed E-state index contributed by atoms with van der Waals surface area (Å²) in [6.45, 7) is 0. The van der Waals surface area contributed by atoms with Crippen LogP contribution in [0.15, 0.2) is 24.3 Å². The van der Waals surface area contributed by atoms with E-state index in [0.29, 0.717) is 5.56 Å². The number of aromatic nitrogens is 2. The van der Waals surface area contributed by atoms with E-state index in [1.165, 1.54) is 12.1 Å². The van der Waals surface area contributed by atoms with E-state index in [1.807, 2.05) is 6.07 Å². The van der Waals surface area contributed by atoms with E-state index < -0.39 is 5.97 Å². The van der Waals surface area contributed by atoms with Crippen LogP contribution >= 0.6 is 0 Å². The van der Waals surface area contributed by atoms with Gasteiger partial charge in [-0.1, -0.05) is 12.1 Å². The molecule has 0 amide bonds. The average molecular weight is 255 g/mol. The quantitative estimate of drug-likeness (QED) is 0.723. The standard InChI is InChI=1S/C12H9N5O2/c13-5-8-9(16-12(15)17-10(8)14)6-2-1-3-7(4-6)11(18)19/h1-4H,(H,18,19)(H4,14,15,16,17). The second-order valence-electron chi connectivity index (χ2n) is 3.69. The second kappa shape index (κ2) is 4.62. The molecule has 0 aliphatic carbocycles. The molecule has 0 saturated carbocycles. The predicted octanol–water partition coefficient (Wildman–Crippen LogP) is 0.878. The molecule has 2 rings (SSSR count). The molecule has 0 radical (unpaired) electrons. The predicted molar refractivity (Wildman–Crippen MR) is 68.0 cm³/mol. The average Bonchev–Trinajstić information content (AvgIpc) is 2.38. The molecule has 1 aromatic carbocycles. The molecule has 5 N–H and O–H groups in total. The first kappa shape index (κ1) is 12.3. The Bertz CT molecular complexity index is 706. The summed E-state index contributed by atoms with van der Waals surface area (Å²) in [6, 6.07) is 7.88. The van der Waals surface area contributed by atoms with Crippen LogP contribution in [0.3, 0.4) is 0 Å². The van der Waals surface area contributed by atoms with E-state index >= 15 is 0 Å². The molecular formula is C12H9N5O2. The Morgan fingerprint density at radius 3 is 2.68 bits per heavy atom. The summed E-state index contributed by atoms with van der Waals surface area (Å²) in [5.74, 6) is -1.19. The minimum absolute atomic E-state index is 0.0364. The molecule has 0 fully saturated rings. The van der Waals surface area contributed by atoms with Gasteiger partial charge in [0.2, 0.25) is 5.95 Å². The molecule has 94 valence electrons. The number of carboxylic acid groups (broad SMARTS) is 1. The van der Waals surface area contributed by atoms with Gasteiger partial charge < -0.3 is 16.6 Å². The Labute approximate surface area is 108 Å². The molecule has 0 bridgehead atoms. The first-order valence-corrected chi connectivity index (χ1v) is 5.19. The second-order valence-corrected chi connectivity index (χ2v) is 3.69. The number of nitrogens with zero attached hydrogens (tertiary/aromatic N) is 3. The molecule has 7 nitrogen and oxygen atoms in total. The zero-order chi connectivity index (χ0) is 14.0. The lowest BCUT2D eigenvalue weighted by atomic mass is 10.0. The van der Waals surface area contributed by atoms with Crippen LogP contribution < -0.4 is 11.5 Å². The molecule has 0 unspecified atom stereocenters. The van der Waals surface area contributed by atoms with Crippen LogP contribution in [0.2, 0.25) is 0 Å². The van der Waals surface area contributed by atoms with E-state index in [2.05, 4.69) is 9.97 Å². The van der Waals surface area contributed by atoms with Gasteiger partial charge >= 0.3 is 5.97 Å². The number of aromatic carboxylic acids is 1. The molecule has 2 aromatic rings. The third-order valence-corrected chi connectivity index (χ3v) is 2.45.